The van der Waals surface area contributed by atoms with Crippen molar-refractivity contribution in [3.05, 3.63) is 29.1 Å². The van der Waals surface area contributed by atoms with E-state index in [-0.39, 0.29) is 16.8 Å². The minimum absolute atomic E-state index is 0.251. The lowest BCUT2D eigenvalue weighted by atomic mass is 10.1. The third-order valence-electron chi connectivity index (χ3n) is 2.54. The highest BCUT2D eigenvalue weighted by Gasteiger charge is 2.17. The van der Waals surface area contributed by atoms with E-state index in [1.54, 1.807) is 0 Å². The van der Waals surface area contributed by atoms with Crippen LogP contribution in [0.2, 0.25) is 0 Å². The number of rotatable bonds is 5. The van der Waals surface area contributed by atoms with Gasteiger partial charge in [0.2, 0.25) is 0 Å². The Morgan fingerprint density at radius 1 is 1.40 bits per heavy atom. The van der Waals surface area contributed by atoms with Crippen LogP contribution >= 0.6 is 0 Å². The van der Waals surface area contributed by atoms with Gasteiger partial charge in [0.15, 0.2) is 6.61 Å². The molecule has 110 valence electrons. The number of amides is 1. The van der Waals surface area contributed by atoms with Gasteiger partial charge < -0.3 is 15.8 Å². The molecule has 0 saturated carbocycles. The lowest BCUT2D eigenvalue weighted by Crippen LogP contribution is -2.31. The standard InChI is InChI=1S/C14H19FN2O3/c1-8(2)6-17-12(18)7-20-14(19)11-5-10(16)4-9(3)13(11)15/h4-5,8H,6-7,16H2,1-3H3,(H,17,18). The number of hydrogen-bond donors (Lipinski definition) is 2. The minimum Gasteiger partial charge on any atom is -0.452 e. The molecule has 0 radical (unpaired) electrons. The first-order chi connectivity index (χ1) is 9.31. The van der Waals surface area contributed by atoms with Crippen LogP contribution in [0.25, 0.3) is 0 Å². The quantitative estimate of drug-likeness (QED) is 0.635. The maximum Gasteiger partial charge on any atom is 0.341 e. The van der Waals surface area contributed by atoms with Crippen LogP contribution in [-0.4, -0.2) is 25.0 Å². The Hall–Kier alpha value is -2.11. The molecular weight excluding hydrogens is 263 g/mol. The number of halogens is 1. The summed E-state index contributed by atoms with van der Waals surface area (Å²) in [5.41, 5.74) is 5.80. The Balaban J connectivity index is 2.62. The number of nitrogens with one attached hydrogen (secondary N) is 1. The molecule has 0 fully saturated rings. The maximum absolute atomic E-state index is 13.8. The van der Waals surface area contributed by atoms with E-state index in [0.29, 0.717) is 12.5 Å². The number of benzene rings is 1. The van der Waals surface area contributed by atoms with Gasteiger partial charge in [-0.15, -0.1) is 0 Å². The summed E-state index contributed by atoms with van der Waals surface area (Å²) in [6.45, 7) is 5.42. The molecule has 0 aliphatic rings. The fraction of sp³-hybridized carbons (Fsp3) is 0.429. The number of carbonyl (C=O) groups excluding carboxylic acids is 2. The number of esters is 1. The second kappa shape index (κ2) is 6.88. The van der Waals surface area contributed by atoms with E-state index >= 15 is 0 Å². The molecule has 0 bridgehead atoms. The molecule has 1 rings (SSSR count). The Morgan fingerprint density at radius 2 is 2.05 bits per heavy atom. The first kappa shape index (κ1) is 15.9. The number of hydrogen-bond acceptors (Lipinski definition) is 4. The molecule has 0 aliphatic carbocycles. The first-order valence-electron chi connectivity index (χ1n) is 6.30. The van der Waals surface area contributed by atoms with Crippen LogP contribution < -0.4 is 11.1 Å². The van der Waals surface area contributed by atoms with Gasteiger partial charge in [-0.25, -0.2) is 9.18 Å². The van der Waals surface area contributed by atoms with Crippen LogP contribution in [0, 0.1) is 18.7 Å². The predicted molar refractivity (Wildman–Crippen MR) is 73.7 cm³/mol. The second-order valence-corrected chi connectivity index (χ2v) is 4.97. The van der Waals surface area contributed by atoms with E-state index in [4.69, 9.17) is 10.5 Å². The predicted octanol–water partition coefficient (Wildman–Crippen LogP) is 1.65. The van der Waals surface area contributed by atoms with E-state index < -0.39 is 24.3 Å². The van der Waals surface area contributed by atoms with Crippen LogP contribution in [0.1, 0.15) is 29.8 Å². The van der Waals surface area contributed by atoms with E-state index in [1.807, 2.05) is 13.8 Å². The molecule has 0 aromatic heterocycles. The molecule has 1 amide bonds. The summed E-state index contributed by atoms with van der Waals surface area (Å²) in [6, 6.07) is 2.61. The van der Waals surface area contributed by atoms with Crippen molar-refractivity contribution in [2.75, 3.05) is 18.9 Å². The number of nitrogens with two attached hydrogens (primary N) is 1. The molecule has 5 nitrogen and oxygen atoms in total. The average molecular weight is 282 g/mol. The summed E-state index contributed by atoms with van der Waals surface area (Å²) in [7, 11) is 0. The molecule has 0 saturated heterocycles. The Bertz CT molecular complexity index is 515. The molecule has 0 unspecified atom stereocenters. The molecule has 1 aromatic carbocycles. The maximum atomic E-state index is 13.8. The summed E-state index contributed by atoms with van der Waals surface area (Å²) in [5.74, 6) is -1.72. The van der Waals surface area contributed by atoms with Crippen molar-refractivity contribution in [2.45, 2.75) is 20.8 Å². The van der Waals surface area contributed by atoms with Crippen molar-refractivity contribution < 1.29 is 18.7 Å². The Morgan fingerprint density at radius 3 is 2.65 bits per heavy atom. The van der Waals surface area contributed by atoms with Gasteiger partial charge in [0, 0.05) is 12.2 Å². The topological polar surface area (TPSA) is 81.4 Å². The van der Waals surface area contributed by atoms with E-state index in [0.717, 1.165) is 0 Å². The molecule has 0 spiro atoms. The number of aryl methyl sites for hydroxylation is 1. The van der Waals surface area contributed by atoms with Gasteiger partial charge in [-0.1, -0.05) is 13.8 Å². The Labute approximate surface area is 117 Å². The summed E-state index contributed by atoms with van der Waals surface area (Å²) in [6.07, 6.45) is 0. The summed E-state index contributed by atoms with van der Waals surface area (Å²) in [4.78, 5) is 23.1. The number of ether oxygens (including phenoxy) is 1. The van der Waals surface area contributed by atoms with Crippen LogP contribution in [0.3, 0.4) is 0 Å². The first-order valence-corrected chi connectivity index (χ1v) is 6.30. The third-order valence-corrected chi connectivity index (χ3v) is 2.54. The normalized spacial score (nSPS) is 10.4. The van der Waals surface area contributed by atoms with Crippen molar-refractivity contribution in [2.24, 2.45) is 5.92 Å². The van der Waals surface area contributed by atoms with Gasteiger partial charge in [-0.05, 0) is 30.5 Å². The average Bonchev–Trinajstić information content (AvgIpc) is 2.37. The molecule has 6 heteroatoms. The van der Waals surface area contributed by atoms with E-state index in [9.17, 15) is 14.0 Å². The van der Waals surface area contributed by atoms with Gasteiger partial charge in [0.1, 0.15) is 5.82 Å². The van der Waals surface area contributed by atoms with Gasteiger partial charge in [0.25, 0.3) is 5.91 Å². The minimum atomic E-state index is -0.905. The zero-order valence-corrected chi connectivity index (χ0v) is 11.8. The fourth-order valence-corrected chi connectivity index (χ4v) is 1.52. The highest BCUT2D eigenvalue weighted by atomic mass is 19.1. The highest BCUT2D eigenvalue weighted by Crippen LogP contribution is 2.17. The smallest absolute Gasteiger partial charge is 0.341 e. The van der Waals surface area contributed by atoms with Gasteiger partial charge in [-0.3, -0.25) is 4.79 Å². The monoisotopic (exact) mass is 282 g/mol. The number of nitrogen functional groups attached to an aromatic ring is 1. The SMILES string of the molecule is Cc1cc(N)cc(C(=O)OCC(=O)NCC(C)C)c1F. The molecule has 1 aromatic rings. The van der Waals surface area contributed by atoms with Crippen LogP contribution in [0.4, 0.5) is 10.1 Å². The molecule has 0 aliphatic heterocycles. The van der Waals surface area contributed by atoms with Gasteiger partial charge in [0.05, 0.1) is 5.56 Å². The largest absolute Gasteiger partial charge is 0.452 e. The number of anilines is 1. The van der Waals surface area contributed by atoms with Gasteiger partial charge >= 0.3 is 5.97 Å². The van der Waals surface area contributed by atoms with Crippen molar-refractivity contribution in [3.63, 3.8) is 0 Å². The van der Waals surface area contributed by atoms with Crippen molar-refractivity contribution in [3.8, 4) is 0 Å². The van der Waals surface area contributed by atoms with Crippen molar-refractivity contribution in [1.82, 2.24) is 5.32 Å². The zero-order chi connectivity index (χ0) is 15.3. The fourth-order valence-electron chi connectivity index (χ4n) is 1.52. The molecule has 20 heavy (non-hydrogen) atoms. The summed E-state index contributed by atoms with van der Waals surface area (Å²) in [5, 5.41) is 2.59. The van der Waals surface area contributed by atoms with E-state index in [1.165, 1.54) is 19.1 Å². The van der Waals surface area contributed by atoms with Crippen molar-refractivity contribution >= 4 is 17.6 Å². The van der Waals surface area contributed by atoms with E-state index in [2.05, 4.69) is 5.32 Å². The van der Waals surface area contributed by atoms with Crippen molar-refractivity contribution in [1.29, 1.82) is 0 Å². The lowest BCUT2D eigenvalue weighted by Gasteiger charge is -2.09. The number of carbonyl (C=O) groups is 2. The summed E-state index contributed by atoms with van der Waals surface area (Å²) >= 11 is 0. The van der Waals surface area contributed by atoms with Crippen LogP contribution in [0.15, 0.2) is 12.1 Å². The summed E-state index contributed by atoms with van der Waals surface area (Å²) < 4.78 is 18.5. The molecule has 0 atom stereocenters. The molecule has 0 heterocycles. The van der Waals surface area contributed by atoms with Crippen LogP contribution in [-0.2, 0) is 9.53 Å². The highest BCUT2D eigenvalue weighted by molar-refractivity contribution is 5.92. The van der Waals surface area contributed by atoms with Crippen LogP contribution in [0.5, 0.6) is 0 Å². The second-order valence-electron chi connectivity index (χ2n) is 4.97. The molecular formula is C14H19FN2O3. The molecule has 3 N–H and O–H groups in total. The van der Waals surface area contributed by atoms with Gasteiger partial charge in [-0.2, -0.15) is 0 Å². The third kappa shape index (κ3) is 4.53. The lowest BCUT2D eigenvalue weighted by molar-refractivity contribution is -0.124. The Kier molecular flexibility index (Phi) is 5.49. The zero-order valence-electron chi connectivity index (χ0n) is 11.8.